The number of aryl methyl sites for hydroxylation is 1. The van der Waals surface area contributed by atoms with Crippen molar-refractivity contribution in [1.82, 2.24) is 4.98 Å². The van der Waals surface area contributed by atoms with Crippen LogP contribution in [-0.4, -0.2) is 12.0 Å². The Morgan fingerprint density at radius 2 is 2.18 bits per heavy atom. The van der Waals surface area contributed by atoms with Crippen molar-refractivity contribution in [2.45, 2.75) is 13.5 Å². The molecule has 86 valence electrons. The van der Waals surface area contributed by atoms with Gasteiger partial charge in [0.1, 0.15) is 29.1 Å². The number of hydrogen-bond donors (Lipinski definition) is 0. The third-order valence-electron chi connectivity index (χ3n) is 2.43. The Labute approximate surface area is 100 Å². The highest BCUT2D eigenvalue weighted by molar-refractivity contribution is 5.40. The normalized spacial score (nSPS) is 9.94. The van der Waals surface area contributed by atoms with Gasteiger partial charge in [0.15, 0.2) is 0 Å². The van der Waals surface area contributed by atoms with Crippen LogP contribution in [0.5, 0.6) is 0 Å². The molecule has 2 aromatic heterocycles. The van der Waals surface area contributed by atoms with Gasteiger partial charge in [-0.25, -0.2) is 4.98 Å². The summed E-state index contributed by atoms with van der Waals surface area (Å²) in [6, 6.07) is 11.3. The van der Waals surface area contributed by atoms with Gasteiger partial charge in [-0.2, -0.15) is 5.26 Å². The van der Waals surface area contributed by atoms with Gasteiger partial charge in [0.05, 0.1) is 6.54 Å². The van der Waals surface area contributed by atoms with Crippen molar-refractivity contribution >= 4 is 5.82 Å². The zero-order valence-corrected chi connectivity index (χ0v) is 9.84. The van der Waals surface area contributed by atoms with E-state index in [4.69, 9.17) is 9.68 Å². The predicted octanol–water partition coefficient (Wildman–Crippen LogP) is 2.49. The fourth-order valence-corrected chi connectivity index (χ4v) is 1.58. The van der Waals surface area contributed by atoms with Crippen molar-refractivity contribution in [3.63, 3.8) is 0 Å². The number of nitrogens with zero attached hydrogens (tertiary/aromatic N) is 3. The summed E-state index contributed by atoms with van der Waals surface area (Å²) in [4.78, 5) is 6.16. The first-order valence-corrected chi connectivity index (χ1v) is 5.32. The summed E-state index contributed by atoms with van der Waals surface area (Å²) in [7, 11) is 1.92. The quantitative estimate of drug-likeness (QED) is 0.808. The highest BCUT2D eigenvalue weighted by Crippen LogP contribution is 2.14. The van der Waals surface area contributed by atoms with Crippen LogP contribution in [0.15, 0.2) is 34.7 Å². The van der Waals surface area contributed by atoms with Crippen LogP contribution in [0.1, 0.15) is 17.2 Å². The molecule has 0 bridgehead atoms. The number of nitriles is 1. The first kappa shape index (κ1) is 11.2. The standard InChI is InChI=1S/C13H13N3O/c1-10-6-7-12(17-10)9-16(2)13-5-3-4-11(8-14)15-13/h3-7H,9H2,1-2H3. The minimum absolute atomic E-state index is 0.421. The molecular formula is C13H13N3O. The molecule has 4 nitrogen and oxygen atoms in total. The van der Waals surface area contributed by atoms with Crippen LogP contribution in [0.25, 0.3) is 0 Å². The summed E-state index contributed by atoms with van der Waals surface area (Å²) in [6.45, 7) is 2.55. The fraction of sp³-hybridized carbons (Fsp3) is 0.231. The highest BCUT2D eigenvalue weighted by Gasteiger charge is 2.06. The summed E-state index contributed by atoms with van der Waals surface area (Å²) in [5.74, 6) is 2.54. The van der Waals surface area contributed by atoms with E-state index in [0.717, 1.165) is 17.3 Å². The lowest BCUT2D eigenvalue weighted by atomic mass is 10.3. The maximum absolute atomic E-state index is 8.79. The van der Waals surface area contributed by atoms with Crippen LogP contribution >= 0.6 is 0 Å². The molecule has 0 N–H and O–H groups in total. The maximum Gasteiger partial charge on any atom is 0.142 e. The van der Waals surface area contributed by atoms with Gasteiger partial charge in [-0.15, -0.1) is 0 Å². The van der Waals surface area contributed by atoms with E-state index in [0.29, 0.717) is 12.2 Å². The van der Waals surface area contributed by atoms with Crippen molar-refractivity contribution in [2.75, 3.05) is 11.9 Å². The van der Waals surface area contributed by atoms with E-state index < -0.39 is 0 Å². The number of pyridine rings is 1. The summed E-state index contributed by atoms with van der Waals surface area (Å²) in [6.07, 6.45) is 0. The van der Waals surface area contributed by atoms with Crippen molar-refractivity contribution in [2.24, 2.45) is 0 Å². The number of hydrogen-bond acceptors (Lipinski definition) is 4. The second-order valence-corrected chi connectivity index (χ2v) is 3.86. The van der Waals surface area contributed by atoms with Crippen LogP contribution in [0.3, 0.4) is 0 Å². The minimum Gasteiger partial charge on any atom is -0.464 e. The second kappa shape index (κ2) is 4.71. The Kier molecular flexibility index (Phi) is 3.10. The van der Waals surface area contributed by atoms with E-state index in [1.54, 1.807) is 6.07 Å². The number of rotatable bonds is 3. The Hall–Kier alpha value is -2.28. The Bertz CT molecular complexity index is 554. The van der Waals surface area contributed by atoms with Crippen LogP contribution < -0.4 is 4.90 Å². The van der Waals surface area contributed by atoms with E-state index in [-0.39, 0.29) is 0 Å². The van der Waals surface area contributed by atoms with Gasteiger partial charge in [-0.05, 0) is 31.2 Å². The molecule has 0 spiro atoms. The zero-order valence-electron chi connectivity index (χ0n) is 9.84. The van der Waals surface area contributed by atoms with Crippen LogP contribution in [0.4, 0.5) is 5.82 Å². The van der Waals surface area contributed by atoms with E-state index >= 15 is 0 Å². The fourth-order valence-electron chi connectivity index (χ4n) is 1.58. The number of aromatic nitrogens is 1. The molecule has 0 aliphatic heterocycles. The van der Waals surface area contributed by atoms with Gasteiger partial charge in [-0.1, -0.05) is 6.07 Å². The predicted molar refractivity (Wildman–Crippen MR) is 64.5 cm³/mol. The smallest absolute Gasteiger partial charge is 0.142 e. The number of furan rings is 1. The first-order chi connectivity index (χ1) is 8.19. The Balaban J connectivity index is 2.14. The third kappa shape index (κ3) is 2.64. The summed E-state index contributed by atoms with van der Waals surface area (Å²) in [5, 5.41) is 8.79. The number of anilines is 1. The Morgan fingerprint density at radius 3 is 2.82 bits per heavy atom. The molecular weight excluding hydrogens is 214 g/mol. The average molecular weight is 227 g/mol. The summed E-state index contributed by atoms with van der Waals surface area (Å²) < 4.78 is 5.50. The molecule has 0 aliphatic rings. The van der Waals surface area contributed by atoms with Gasteiger partial charge < -0.3 is 9.32 Å². The maximum atomic E-state index is 8.79. The highest BCUT2D eigenvalue weighted by atomic mass is 16.3. The topological polar surface area (TPSA) is 53.1 Å². The summed E-state index contributed by atoms with van der Waals surface area (Å²) >= 11 is 0. The molecule has 0 saturated carbocycles. The van der Waals surface area contributed by atoms with Gasteiger partial charge in [0.25, 0.3) is 0 Å². The molecule has 2 rings (SSSR count). The molecule has 2 heterocycles. The van der Waals surface area contributed by atoms with Gasteiger partial charge in [0.2, 0.25) is 0 Å². The van der Waals surface area contributed by atoms with Gasteiger partial charge >= 0.3 is 0 Å². The molecule has 0 unspecified atom stereocenters. The third-order valence-corrected chi connectivity index (χ3v) is 2.43. The van der Waals surface area contributed by atoms with Gasteiger partial charge in [-0.3, -0.25) is 0 Å². The molecule has 17 heavy (non-hydrogen) atoms. The largest absolute Gasteiger partial charge is 0.464 e. The molecule has 0 aliphatic carbocycles. The average Bonchev–Trinajstić information content (AvgIpc) is 2.75. The molecule has 0 saturated heterocycles. The lowest BCUT2D eigenvalue weighted by molar-refractivity contribution is 0.481. The van der Waals surface area contributed by atoms with Crippen molar-refractivity contribution in [3.8, 4) is 6.07 Å². The molecule has 2 aromatic rings. The second-order valence-electron chi connectivity index (χ2n) is 3.86. The monoisotopic (exact) mass is 227 g/mol. The Morgan fingerprint density at radius 1 is 1.35 bits per heavy atom. The van der Waals surface area contributed by atoms with Crippen LogP contribution in [0, 0.1) is 18.3 Å². The molecule has 0 amide bonds. The zero-order chi connectivity index (χ0) is 12.3. The van der Waals surface area contributed by atoms with E-state index in [2.05, 4.69) is 4.98 Å². The summed E-state index contributed by atoms with van der Waals surface area (Å²) in [5.41, 5.74) is 0.421. The van der Waals surface area contributed by atoms with E-state index in [1.165, 1.54) is 0 Å². The lowest BCUT2D eigenvalue weighted by Crippen LogP contribution is -2.17. The molecule has 0 atom stereocenters. The van der Waals surface area contributed by atoms with Gasteiger partial charge in [0, 0.05) is 7.05 Å². The van der Waals surface area contributed by atoms with E-state index in [9.17, 15) is 0 Å². The van der Waals surface area contributed by atoms with Crippen molar-refractivity contribution < 1.29 is 4.42 Å². The molecule has 4 heteroatoms. The molecule has 0 fully saturated rings. The minimum atomic E-state index is 0.421. The lowest BCUT2D eigenvalue weighted by Gasteiger charge is -2.16. The van der Waals surface area contributed by atoms with Crippen LogP contribution in [-0.2, 0) is 6.54 Å². The van der Waals surface area contributed by atoms with Crippen molar-refractivity contribution in [1.29, 1.82) is 5.26 Å². The van der Waals surface area contributed by atoms with Crippen molar-refractivity contribution in [3.05, 3.63) is 47.5 Å². The first-order valence-electron chi connectivity index (χ1n) is 5.32. The molecule has 0 radical (unpaired) electrons. The van der Waals surface area contributed by atoms with Crippen LogP contribution in [0.2, 0.25) is 0 Å². The van der Waals surface area contributed by atoms with E-state index in [1.807, 2.05) is 49.2 Å². The SMILES string of the molecule is Cc1ccc(CN(C)c2cccc(C#N)n2)o1. The molecule has 0 aromatic carbocycles.